The van der Waals surface area contributed by atoms with E-state index in [1.165, 1.54) is 25.7 Å². The van der Waals surface area contributed by atoms with Crippen LogP contribution in [0.1, 0.15) is 39.5 Å². The quantitative estimate of drug-likeness (QED) is 0.225. The van der Waals surface area contributed by atoms with Gasteiger partial charge in [-0.05, 0) is 65.0 Å². The fraction of sp³-hybridized carbons (Fsp3) is 0.875. The van der Waals surface area contributed by atoms with E-state index in [0.29, 0.717) is 0 Å². The van der Waals surface area contributed by atoms with E-state index in [9.17, 15) is 0 Å². The molecule has 0 spiro atoms. The zero-order chi connectivity index (χ0) is 14.7. The summed E-state index contributed by atoms with van der Waals surface area (Å²) in [6, 6.07) is 0. The largest absolute Gasteiger partial charge is 0.317 e. The van der Waals surface area contributed by atoms with Crippen molar-refractivity contribution >= 4 is 49.6 Å². The Bertz CT molecular complexity index is 191. The highest BCUT2D eigenvalue weighted by Crippen LogP contribution is 1.78. The van der Waals surface area contributed by atoms with E-state index in [2.05, 4.69) is 47.3 Å². The summed E-state index contributed by atoms with van der Waals surface area (Å²) in [7, 11) is 0. The van der Waals surface area contributed by atoms with Crippen molar-refractivity contribution < 1.29 is 0 Å². The molecule has 0 amide bonds. The van der Waals surface area contributed by atoms with Crippen molar-refractivity contribution in [2.75, 3.05) is 52.4 Å². The number of hydrogen-bond donors (Lipinski definition) is 4. The van der Waals surface area contributed by atoms with E-state index in [4.69, 9.17) is 0 Å². The molecule has 0 radical (unpaired) electrons. The molecule has 0 atom stereocenters. The Morgan fingerprint density at radius 1 is 0.500 bits per heavy atom. The Balaban J connectivity index is -0.000000301. The summed E-state index contributed by atoms with van der Waals surface area (Å²) in [6.45, 7) is 13.1. The molecule has 152 valence electrons. The van der Waals surface area contributed by atoms with Crippen molar-refractivity contribution in [1.82, 2.24) is 21.3 Å². The monoisotopic (exact) mass is 428 g/mol. The van der Waals surface area contributed by atoms with E-state index in [-0.39, 0.29) is 49.6 Å². The van der Waals surface area contributed by atoms with Crippen LogP contribution in [0, 0.1) is 0 Å². The van der Waals surface area contributed by atoms with Crippen LogP contribution >= 0.6 is 49.6 Å². The van der Waals surface area contributed by atoms with Crippen molar-refractivity contribution in [2.24, 2.45) is 0 Å². The molecular formula is C16H40Cl4N4. The van der Waals surface area contributed by atoms with E-state index < -0.39 is 0 Å². The molecule has 8 heteroatoms. The molecule has 4 N–H and O–H groups in total. The Labute approximate surface area is 174 Å². The molecule has 0 aliphatic carbocycles. The topological polar surface area (TPSA) is 48.1 Å². The maximum Gasteiger partial charge on any atom is 0.0135 e. The second-order valence-electron chi connectivity index (χ2n) is 5.09. The highest BCUT2D eigenvalue weighted by molar-refractivity contribution is 5.86. The Morgan fingerprint density at radius 2 is 0.833 bits per heavy atom. The summed E-state index contributed by atoms with van der Waals surface area (Å²) in [5.74, 6) is 0. The number of nitrogens with one attached hydrogen (secondary N) is 4. The predicted octanol–water partition coefficient (Wildman–Crippen LogP) is 3.19. The third-order valence-electron chi connectivity index (χ3n) is 2.96. The summed E-state index contributed by atoms with van der Waals surface area (Å²) in [5, 5.41) is 13.7. The molecule has 0 saturated carbocycles. The first-order valence-corrected chi connectivity index (χ1v) is 8.39. The Morgan fingerprint density at radius 3 is 1.17 bits per heavy atom. The third kappa shape index (κ3) is 34.2. The number of hydrogen-bond acceptors (Lipinski definition) is 4. The summed E-state index contributed by atoms with van der Waals surface area (Å²) in [5.41, 5.74) is 0. The van der Waals surface area contributed by atoms with Gasteiger partial charge in [0, 0.05) is 13.1 Å². The summed E-state index contributed by atoms with van der Waals surface area (Å²) in [4.78, 5) is 0. The number of rotatable bonds is 16. The lowest BCUT2D eigenvalue weighted by Gasteiger charge is -2.04. The molecule has 0 aromatic carbocycles. The van der Waals surface area contributed by atoms with Crippen molar-refractivity contribution in [3.63, 3.8) is 0 Å². The van der Waals surface area contributed by atoms with Gasteiger partial charge in [-0.1, -0.05) is 26.0 Å². The molecule has 0 aliphatic heterocycles. The van der Waals surface area contributed by atoms with E-state index in [1.807, 2.05) is 0 Å². The van der Waals surface area contributed by atoms with Gasteiger partial charge in [-0.3, -0.25) is 0 Å². The van der Waals surface area contributed by atoms with Crippen LogP contribution in [-0.2, 0) is 0 Å². The molecule has 0 aromatic heterocycles. The number of halogens is 4. The van der Waals surface area contributed by atoms with Crippen LogP contribution < -0.4 is 21.3 Å². The van der Waals surface area contributed by atoms with E-state index in [0.717, 1.165) is 52.4 Å². The third-order valence-corrected chi connectivity index (χ3v) is 2.96. The van der Waals surface area contributed by atoms with Gasteiger partial charge in [0.1, 0.15) is 0 Å². The molecule has 0 heterocycles. The summed E-state index contributed by atoms with van der Waals surface area (Å²) in [6.07, 6.45) is 9.27. The molecule has 0 rings (SSSR count). The minimum Gasteiger partial charge on any atom is -0.317 e. The molecule has 0 aromatic rings. The summed E-state index contributed by atoms with van der Waals surface area (Å²) >= 11 is 0. The first-order chi connectivity index (χ1) is 9.91. The zero-order valence-corrected chi connectivity index (χ0v) is 18.5. The smallest absolute Gasteiger partial charge is 0.0135 e. The molecule has 0 saturated heterocycles. The lowest BCUT2D eigenvalue weighted by atomic mass is 10.3. The average molecular weight is 430 g/mol. The van der Waals surface area contributed by atoms with Crippen LogP contribution in [-0.4, -0.2) is 52.4 Å². The second-order valence-corrected chi connectivity index (χ2v) is 5.09. The van der Waals surface area contributed by atoms with Gasteiger partial charge in [0.2, 0.25) is 0 Å². The van der Waals surface area contributed by atoms with Crippen LogP contribution in [0.2, 0.25) is 0 Å². The molecule has 0 bridgehead atoms. The second kappa shape index (κ2) is 35.0. The SMILES string of the molecule is CCCNCCCNCC=CCNCCCNCCC.Cl.Cl.Cl.Cl. The van der Waals surface area contributed by atoms with Crippen molar-refractivity contribution in [3.05, 3.63) is 12.2 Å². The molecule has 0 aliphatic rings. The fourth-order valence-electron chi connectivity index (χ4n) is 1.82. The molecule has 4 nitrogen and oxygen atoms in total. The van der Waals surface area contributed by atoms with Crippen molar-refractivity contribution in [2.45, 2.75) is 39.5 Å². The zero-order valence-electron chi connectivity index (χ0n) is 15.3. The van der Waals surface area contributed by atoms with Gasteiger partial charge >= 0.3 is 0 Å². The summed E-state index contributed by atoms with van der Waals surface area (Å²) < 4.78 is 0. The Hall–Kier alpha value is 0.740. The first-order valence-electron chi connectivity index (χ1n) is 8.39. The van der Waals surface area contributed by atoms with Gasteiger partial charge in [-0.15, -0.1) is 49.6 Å². The lowest BCUT2D eigenvalue weighted by molar-refractivity contribution is 0.606. The average Bonchev–Trinajstić information content (AvgIpc) is 2.47. The van der Waals surface area contributed by atoms with Gasteiger partial charge in [-0.25, -0.2) is 0 Å². The van der Waals surface area contributed by atoms with E-state index >= 15 is 0 Å². The van der Waals surface area contributed by atoms with Gasteiger partial charge in [-0.2, -0.15) is 0 Å². The highest BCUT2D eigenvalue weighted by Gasteiger charge is 1.87. The predicted molar refractivity (Wildman–Crippen MR) is 119 cm³/mol. The molecule has 0 fully saturated rings. The van der Waals surface area contributed by atoms with E-state index in [1.54, 1.807) is 0 Å². The van der Waals surface area contributed by atoms with Crippen LogP contribution in [0.25, 0.3) is 0 Å². The van der Waals surface area contributed by atoms with Crippen LogP contribution in [0.3, 0.4) is 0 Å². The molecule has 0 unspecified atom stereocenters. The maximum absolute atomic E-state index is 3.42. The van der Waals surface area contributed by atoms with Crippen molar-refractivity contribution in [3.8, 4) is 0 Å². The van der Waals surface area contributed by atoms with Gasteiger partial charge in [0.15, 0.2) is 0 Å². The van der Waals surface area contributed by atoms with Gasteiger partial charge in [0.05, 0.1) is 0 Å². The molecular weight excluding hydrogens is 390 g/mol. The highest BCUT2D eigenvalue weighted by atomic mass is 35.5. The first kappa shape index (κ1) is 35.8. The van der Waals surface area contributed by atoms with Crippen LogP contribution in [0.5, 0.6) is 0 Å². The van der Waals surface area contributed by atoms with Crippen molar-refractivity contribution in [1.29, 1.82) is 0 Å². The lowest BCUT2D eigenvalue weighted by Crippen LogP contribution is -2.23. The fourth-order valence-corrected chi connectivity index (χ4v) is 1.82. The minimum atomic E-state index is 0. The Kier molecular flexibility index (Phi) is 52.1. The normalized spacial score (nSPS) is 9.58. The minimum absolute atomic E-state index is 0. The van der Waals surface area contributed by atoms with Crippen LogP contribution in [0.4, 0.5) is 0 Å². The van der Waals surface area contributed by atoms with Gasteiger partial charge < -0.3 is 21.3 Å². The maximum atomic E-state index is 3.42. The van der Waals surface area contributed by atoms with Gasteiger partial charge in [0.25, 0.3) is 0 Å². The standard InChI is InChI=1S/C16H36N4.4ClH/c1-3-9-17-13-7-15-19-11-5-6-12-20-16-8-14-18-10-4-2;;;;/h5-6,17-20H,3-4,7-16H2,1-2H3;4*1H. The van der Waals surface area contributed by atoms with Crippen LogP contribution in [0.15, 0.2) is 12.2 Å². The molecule has 24 heavy (non-hydrogen) atoms.